The van der Waals surface area contributed by atoms with Crippen LogP contribution < -0.4 is 0 Å². The Balaban J connectivity index is 1.59. The molecule has 1 aliphatic carbocycles. The zero-order valence-corrected chi connectivity index (χ0v) is 13.8. The predicted molar refractivity (Wildman–Crippen MR) is 87.8 cm³/mol. The number of hydrogen-bond donors (Lipinski definition) is 0. The first-order chi connectivity index (χ1) is 10.7. The second kappa shape index (κ2) is 7.18. The van der Waals surface area contributed by atoms with E-state index in [1.54, 1.807) is 0 Å². The Labute approximate surface area is 133 Å². The van der Waals surface area contributed by atoms with Gasteiger partial charge in [-0.1, -0.05) is 54.2 Å². The van der Waals surface area contributed by atoms with E-state index >= 15 is 0 Å². The fourth-order valence-corrected chi connectivity index (χ4v) is 4.32. The van der Waals surface area contributed by atoms with Crippen LogP contribution in [0.15, 0.2) is 28.8 Å². The van der Waals surface area contributed by atoms with Crippen molar-refractivity contribution in [3.05, 3.63) is 35.7 Å². The molecule has 1 heterocycles. The summed E-state index contributed by atoms with van der Waals surface area (Å²) in [6, 6.07) is 7.99. The minimum absolute atomic E-state index is 0.370. The summed E-state index contributed by atoms with van der Waals surface area (Å²) in [5.74, 6) is 2.79. The molecule has 2 aromatic rings. The van der Waals surface area contributed by atoms with Gasteiger partial charge < -0.3 is 4.52 Å². The Morgan fingerprint density at radius 2 is 1.91 bits per heavy atom. The van der Waals surface area contributed by atoms with Gasteiger partial charge in [0.15, 0.2) is 0 Å². The monoisotopic (exact) mass is 318 g/mol. The zero-order chi connectivity index (χ0) is 15.4. The summed E-state index contributed by atoms with van der Waals surface area (Å²) in [5.41, 5.74) is 2.12. The van der Waals surface area contributed by atoms with Gasteiger partial charge in [0, 0.05) is 22.1 Å². The van der Waals surface area contributed by atoms with Gasteiger partial charge >= 0.3 is 0 Å². The fourth-order valence-electron chi connectivity index (χ4n) is 2.95. The third-order valence-electron chi connectivity index (χ3n) is 4.21. The molecule has 0 amide bonds. The predicted octanol–water partition coefficient (Wildman–Crippen LogP) is 3.87. The highest BCUT2D eigenvalue weighted by molar-refractivity contribution is 7.84. The minimum atomic E-state index is -0.912. The Kier molecular flexibility index (Phi) is 5.03. The molecule has 1 aromatic carbocycles. The number of rotatable bonds is 5. The highest BCUT2D eigenvalue weighted by Gasteiger charge is 2.18. The lowest BCUT2D eigenvalue weighted by atomic mass is 9.91. The quantitative estimate of drug-likeness (QED) is 0.839. The first kappa shape index (κ1) is 15.4. The molecule has 4 nitrogen and oxygen atoms in total. The lowest BCUT2D eigenvalue weighted by Crippen LogP contribution is -2.15. The molecule has 0 unspecified atom stereocenters. The van der Waals surface area contributed by atoms with Crippen LogP contribution in [-0.4, -0.2) is 20.1 Å². The van der Waals surface area contributed by atoms with Crippen molar-refractivity contribution in [1.29, 1.82) is 0 Å². The highest BCUT2D eigenvalue weighted by Crippen LogP contribution is 2.25. The van der Waals surface area contributed by atoms with E-state index in [0.29, 0.717) is 23.4 Å². The van der Waals surface area contributed by atoms with Crippen LogP contribution in [0.1, 0.15) is 43.6 Å². The van der Waals surface area contributed by atoms with Gasteiger partial charge in [-0.3, -0.25) is 4.21 Å². The van der Waals surface area contributed by atoms with Crippen molar-refractivity contribution in [2.75, 3.05) is 5.75 Å². The maximum atomic E-state index is 12.3. The summed E-state index contributed by atoms with van der Waals surface area (Å²) < 4.78 is 17.5. The summed E-state index contributed by atoms with van der Waals surface area (Å²) in [6.07, 6.45) is 6.31. The van der Waals surface area contributed by atoms with Gasteiger partial charge in [-0.05, 0) is 25.7 Å². The van der Waals surface area contributed by atoms with Crippen molar-refractivity contribution in [3.8, 4) is 11.4 Å². The zero-order valence-electron chi connectivity index (χ0n) is 13.0. The van der Waals surface area contributed by atoms with Crippen LogP contribution >= 0.6 is 0 Å². The van der Waals surface area contributed by atoms with E-state index in [1.165, 1.54) is 37.7 Å². The molecule has 22 heavy (non-hydrogen) atoms. The molecule has 1 saturated carbocycles. The molecular weight excluding hydrogens is 296 g/mol. The average Bonchev–Trinajstić information content (AvgIpc) is 2.97. The van der Waals surface area contributed by atoms with Gasteiger partial charge in [0.05, 0.1) is 0 Å². The van der Waals surface area contributed by atoms with Crippen molar-refractivity contribution < 1.29 is 8.73 Å². The van der Waals surface area contributed by atoms with E-state index in [0.717, 1.165) is 11.3 Å². The molecule has 3 rings (SSSR count). The smallest absolute Gasteiger partial charge is 0.239 e. The molecule has 1 aromatic heterocycles. The Morgan fingerprint density at radius 1 is 1.18 bits per heavy atom. The van der Waals surface area contributed by atoms with Gasteiger partial charge in [-0.25, -0.2) is 0 Å². The molecular formula is C17H22N2O2S. The topological polar surface area (TPSA) is 56.0 Å². The normalized spacial score (nSPS) is 17.5. The Bertz CT molecular complexity index is 630. The highest BCUT2D eigenvalue weighted by atomic mass is 32.2. The van der Waals surface area contributed by atoms with Crippen LogP contribution in [0.4, 0.5) is 0 Å². The van der Waals surface area contributed by atoms with Crippen LogP contribution in [-0.2, 0) is 16.6 Å². The SMILES string of the molecule is Cc1ccc(-c2noc(C[S@](=O)CC3CCCCC3)n2)cc1. The van der Waals surface area contributed by atoms with Gasteiger partial charge in [-0.15, -0.1) is 0 Å². The molecule has 0 radical (unpaired) electrons. The van der Waals surface area contributed by atoms with E-state index < -0.39 is 10.8 Å². The first-order valence-electron chi connectivity index (χ1n) is 7.95. The first-order valence-corrected chi connectivity index (χ1v) is 9.44. The van der Waals surface area contributed by atoms with E-state index in [9.17, 15) is 4.21 Å². The van der Waals surface area contributed by atoms with Crippen molar-refractivity contribution in [2.24, 2.45) is 5.92 Å². The number of aryl methyl sites for hydroxylation is 1. The summed E-state index contributed by atoms with van der Waals surface area (Å²) in [5, 5.41) is 4.00. The number of hydrogen-bond acceptors (Lipinski definition) is 4. The van der Waals surface area contributed by atoms with Crippen LogP contribution in [0.2, 0.25) is 0 Å². The second-order valence-corrected chi connectivity index (χ2v) is 7.63. The lowest BCUT2D eigenvalue weighted by molar-refractivity contribution is 0.383. The van der Waals surface area contributed by atoms with E-state index in [4.69, 9.17) is 4.52 Å². The molecule has 1 atom stereocenters. The molecule has 0 saturated heterocycles. The Morgan fingerprint density at radius 3 is 2.64 bits per heavy atom. The summed E-state index contributed by atoms with van der Waals surface area (Å²) >= 11 is 0. The molecule has 1 fully saturated rings. The molecule has 5 heteroatoms. The minimum Gasteiger partial charge on any atom is -0.338 e. The van der Waals surface area contributed by atoms with Crippen LogP contribution in [0, 0.1) is 12.8 Å². The summed E-state index contributed by atoms with van der Waals surface area (Å²) in [4.78, 5) is 4.37. The largest absolute Gasteiger partial charge is 0.338 e. The fraction of sp³-hybridized carbons (Fsp3) is 0.529. The van der Waals surface area contributed by atoms with Gasteiger partial charge in [0.1, 0.15) is 5.75 Å². The molecule has 118 valence electrons. The Hall–Kier alpha value is -1.49. The third-order valence-corrected chi connectivity index (χ3v) is 5.62. The van der Waals surface area contributed by atoms with E-state index in [2.05, 4.69) is 10.1 Å². The average molecular weight is 318 g/mol. The molecule has 1 aliphatic rings. The van der Waals surface area contributed by atoms with Crippen LogP contribution in [0.3, 0.4) is 0 Å². The molecule has 0 N–H and O–H groups in total. The van der Waals surface area contributed by atoms with Crippen LogP contribution in [0.5, 0.6) is 0 Å². The summed E-state index contributed by atoms with van der Waals surface area (Å²) in [6.45, 7) is 2.04. The number of nitrogens with zero attached hydrogens (tertiary/aromatic N) is 2. The lowest BCUT2D eigenvalue weighted by Gasteiger charge is -2.20. The van der Waals surface area contributed by atoms with Gasteiger partial charge in [-0.2, -0.15) is 4.98 Å². The van der Waals surface area contributed by atoms with Crippen LogP contribution in [0.25, 0.3) is 11.4 Å². The van der Waals surface area contributed by atoms with Crippen molar-refractivity contribution in [3.63, 3.8) is 0 Å². The van der Waals surface area contributed by atoms with Gasteiger partial charge in [0.25, 0.3) is 0 Å². The van der Waals surface area contributed by atoms with Gasteiger partial charge in [0.2, 0.25) is 11.7 Å². The van der Waals surface area contributed by atoms with Crippen molar-refractivity contribution in [2.45, 2.75) is 44.8 Å². The number of aromatic nitrogens is 2. The molecule has 0 aliphatic heterocycles. The molecule has 0 spiro atoms. The number of benzene rings is 1. The standard InChI is InChI=1S/C17H22N2O2S/c1-13-7-9-15(10-8-13)17-18-16(21-19-17)12-22(20)11-14-5-3-2-4-6-14/h7-10,14H,2-6,11-12H2,1H3/t22-/m1/s1. The maximum Gasteiger partial charge on any atom is 0.239 e. The maximum absolute atomic E-state index is 12.3. The third kappa shape index (κ3) is 4.03. The summed E-state index contributed by atoms with van der Waals surface area (Å²) in [7, 11) is -0.912. The van der Waals surface area contributed by atoms with Crippen molar-refractivity contribution >= 4 is 10.8 Å². The van der Waals surface area contributed by atoms with E-state index in [1.807, 2.05) is 31.2 Å². The van der Waals surface area contributed by atoms with E-state index in [-0.39, 0.29) is 0 Å². The molecule has 0 bridgehead atoms. The second-order valence-electron chi connectivity index (χ2n) is 6.13. The van der Waals surface area contributed by atoms with Crippen molar-refractivity contribution in [1.82, 2.24) is 10.1 Å².